The van der Waals surface area contributed by atoms with Gasteiger partial charge in [0.2, 0.25) is 0 Å². The van der Waals surface area contributed by atoms with E-state index in [1.807, 2.05) is 20.8 Å². The van der Waals surface area contributed by atoms with Crippen LogP contribution in [0.3, 0.4) is 0 Å². The molecule has 0 fully saturated rings. The molecule has 0 spiro atoms. The molecule has 0 amide bonds. The fourth-order valence-electron chi connectivity index (χ4n) is 1.21. The van der Waals surface area contributed by atoms with Crippen LogP contribution in [0.15, 0.2) is 12.1 Å². The predicted octanol–water partition coefficient (Wildman–Crippen LogP) is 2.93. The van der Waals surface area contributed by atoms with Gasteiger partial charge in [0.15, 0.2) is 17.3 Å². The first kappa shape index (κ1) is 10.8. The summed E-state index contributed by atoms with van der Waals surface area (Å²) >= 11 is 0. The number of aryl methyl sites for hydroxylation is 1. The molecule has 0 bridgehead atoms. The van der Waals surface area contributed by atoms with Crippen LogP contribution >= 0.6 is 0 Å². The molecule has 3 heteroatoms. The maximum Gasteiger partial charge on any atom is 0.197 e. The second kappa shape index (κ2) is 4.31. The minimum atomic E-state index is -0.395. The first-order valence-corrected chi connectivity index (χ1v) is 4.56. The van der Waals surface area contributed by atoms with Crippen LogP contribution in [0.4, 0.5) is 4.39 Å². The molecule has 2 nitrogen and oxygen atoms in total. The quantitative estimate of drug-likeness (QED) is 0.743. The van der Waals surface area contributed by atoms with E-state index in [9.17, 15) is 4.39 Å². The van der Waals surface area contributed by atoms with Gasteiger partial charge in [0.05, 0.1) is 13.2 Å². The van der Waals surface area contributed by atoms with Gasteiger partial charge in [-0.25, -0.2) is 4.39 Å². The van der Waals surface area contributed by atoms with Crippen molar-refractivity contribution < 1.29 is 13.9 Å². The third-order valence-corrected chi connectivity index (χ3v) is 1.82. The van der Waals surface area contributed by atoms with E-state index in [1.165, 1.54) is 13.2 Å². The van der Waals surface area contributed by atoms with Gasteiger partial charge >= 0.3 is 0 Å². The van der Waals surface area contributed by atoms with Crippen molar-refractivity contribution in [3.05, 3.63) is 23.5 Å². The fourth-order valence-corrected chi connectivity index (χ4v) is 1.21. The van der Waals surface area contributed by atoms with E-state index in [2.05, 4.69) is 0 Å². The van der Waals surface area contributed by atoms with Gasteiger partial charge in [-0.3, -0.25) is 0 Å². The molecule has 0 aliphatic carbocycles. The third kappa shape index (κ3) is 2.16. The van der Waals surface area contributed by atoms with Crippen molar-refractivity contribution in [1.82, 2.24) is 0 Å². The molecule has 0 atom stereocenters. The highest BCUT2D eigenvalue weighted by molar-refractivity contribution is 5.47. The molecule has 0 radical (unpaired) electrons. The number of hydrogen-bond acceptors (Lipinski definition) is 2. The lowest BCUT2D eigenvalue weighted by atomic mass is 10.2. The number of ether oxygens (including phenoxy) is 2. The molecule has 0 aliphatic rings. The molecule has 14 heavy (non-hydrogen) atoms. The van der Waals surface area contributed by atoms with Gasteiger partial charge in [-0.05, 0) is 32.4 Å². The van der Waals surface area contributed by atoms with Crippen LogP contribution in [0.5, 0.6) is 11.5 Å². The maximum absolute atomic E-state index is 13.3. The molecule has 78 valence electrons. The highest BCUT2D eigenvalue weighted by Gasteiger charge is 2.14. The molecule has 1 aromatic carbocycles. The van der Waals surface area contributed by atoms with Crippen molar-refractivity contribution in [2.24, 2.45) is 0 Å². The highest BCUT2D eigenvalue weighted by Crippen LogP contribution is 2.34. The Morgan fingerprint density at radius 1 is 1.21 bits per heavy atom. The van der Waals surface area contributed by atoms with Crippen molar-refractivity contribution in [3.8, 4) is 11.5 Å². The monoisotopic (exact) mass is 198 g/mol. The van der Waals surface area contributed by atoms with Crippen LogP contribution in [0, 0.1) is 12.7 Å². The molecule has 0 N–H and O–H groups in total. The number of rotatable bonds is 3. The Kier molecular flexibility index (Phi) is 3.33. The smallest absolute Gasteiger partial charge is 0.197 e. The number of benzene rings is 1. The lowest BCUT2D eigenvalue weighted by molar-refractivity contribution is 0.225. The number of halogens is 1. The highest BCUT2D eigenvalue weighted by atomic mass is 19.1. The van der Waals surface area contributed by atoms with Gasteiger partial charge in [0.1, 0.15) is 0 Å². The molecule has 0 aromatic heterocycles. The summed E-state index contributed by atoms with van der Waals surface area (Å²) < 4.78 is 23.7. The topological polar surface area (TPSA) is 18.5 Å². The van der Waals surface area contributed by atoms with Gasteiger partial charge in [-0.15, -0.1) is 0 Å². The van der Waals surface area contributed by atoms with Crippen molar-refractivity contribution in [1.29, 1.82) is 0 Å². The Labute approximate surface area is 83.6 Å². The first-order chi connectivity index (χ1) is 6.56. The Morgan fingerprint density at radius 3 is 2.36 bits per heavy atom. The van der Waals surface area contributed by atoms with Gasteiger partial charge in [0, 0.05) is 0 Å². The Hall–Kier alpha value is -1.25. The molecule has 1 rings (SSSR count). The van der Waals surface area contributed by atoms with Crippen LogP contribution in [0.25, 0.3) is 0 Å². The zero-order valence-electron chi connectivity index (χ0n) is 8.93. The van der Waals surface area contributed by atoms with E-state index >= 15 is 0 Å². The second-order valence-electron chi connectivity index (χ2n) is 3.39. The average Bonchev–Trinajstić information content (AvgIpc) is 2.11. The summed E-state index contributed by atoms with van der Waals surface area (Å²) in [6.07, 6.45) is 0.00407. The van der Waals surface area contributed by atoms with E-state index in [-0.39, 0.29) is 11.9 Å². The van der Waals surface area contributed by atoms with Crippen LogP contribution in [0.2, 0.25) is 0 Å². The minimum Gasteiger partial charge on any atom is -0.490 e. The summed E-state index contributed by atoms with van der Waals surface area (Å²) in [5.74, 6) is 0.273. The fraction of sp³-hybridized carbons (Fsp3) is 0.455. The number of methoxy groups -OCH3 is 1. The first-order valence-electron chi connectivity index (χ1n) is 4.56. The lowest BCUT2D eigenvalue weighted by Crippen LogP contribution is -2.08. The molecule has 0 heterocycles. The molecule has 1 aromatic rings. The largest absolute Gasteiger partial charge is 0.490 e. The average molecular weight is 198 g/mol. The summed E-state index contributed by atoms with van der Waals surface area (Å²) in [6, 6.07) is 3.05. The summed E-state index contributed by atoms with van der Waals surface area (Å²) in [4.78, 5) is 0. The molecule has 0 saturated heterocycles. The van der Waals surface area contributed by atoms with Crippen LogP contribution in [-0.4, -0.2) is 13.2 Å². The molecule has 0 saturated carbocycles. The summed E-state index contributed by atoms with van der Waals surface area (Å²) in [5, 5.41) is 0. The summed E-state index contributed by atoms with van der Waals surface area (Å²) in [7, 11) is 1.44. The van der Waals surface area contributed by atoms with Crippen molar-refractivity contribution in [2.75, 3.05) is 7.11 Å². The Bertz CT molecular complexity index is 321. The normalized spacial score (nSPS) is 10.4. The maximum atomic E-state index is 13.3. The second-order valence-corrected chi connectivity index (χ2v) is 3.39. The van der Waals surface area contributed by atoms with E-state index < -0.39 is 5.82 Å². The molecule has 0 aliphatic heterocycles. The SMILES string of the molecule is COc1c(F)ccc(C)c1OC(C)C. The van der Waals surface area contributed by atoms with Gasteiger partial charge in [0.25, 0.3) is 0 Å². The van der Waals surface area contributed by atoms with Crippen molar-refractivity contribution in [3.63, 3.8) is 0 Å². The minimum absolute atomic E-state index is 0.00407. The molecular weight excluding hydrogens is 183 g/mol. The van der Waals surface area contributed by atoms with E-state index in [4.69, 9.17) is 9.47 Å². The van der Waals surface area contributed by atoms with Gasteiger partial charge < -0.3 is 9.47 Å². The Morgan fingerprint density at radius 2 is 1.86 bits per heavy atom. The van der Waals surface area contributed by atoms with E-state index in [0.717, 1.165) is 5.56 Å². The Balaban J connectivity index is 3.16. The van der Waals surface area contributed by atoms with E-state index in [0.29, 0.717) is 5.75 Å². The summed E-state index contributed by atoms with van der Waals surface area (Å²) in [5.41, 5.74) is 0.872. The molecular formula is C11H15FO2. The van der Waals surface area contributed by atoms with Gasteiger partial charge in [-0.2, -0.15) is 0 Å². The predicted molar refractivity (Wildman–Crippen MR) is 53.5 cm³/mol. The van der Waals surface area contributed by atoms with Crippen LogP contribution in [0.1, 0.15) is 19.4 Å². The van der Waals surface area contributed by atoms with Crippen LogP contribution < -0.4 is 9.47 Å². The van der Waals surface area contributed by atoms with Crippen molar-refractivity contribution in [2.45, 2.75) is 26.9 Å². The number of hydrogen-bond donors (Lipinski definition) is 0. The van der Waals surface area contributed by atoms with Crippen LogP contribution in [-0.2, 0) is 0 Å². The summed E-state index contributed by atoms with van der Waals surface area (Å²) in [6.45, 7) is 5.65. The van der Waals surface area contributed by atoms with Gasteiger partial charge in [-0.1, -0.05) is 6.07 Å². The standard InChI is InChI=1S/C11H15FO2/c1-7(2)14-10-8(3)5-6-9(12)11(10)13-4/h5-7H,1-4H3. The zero-order chi connectivity index (χ0) is 10.7. The zero-order valence-corrected chi connectivity index (χ0v) is 8.93. The van der Waals surface area contributed by atoms with E-state index in [1.54, 1.807) is 6.07 Å². The van der Waals surface area contributed by atoms with Crippen molar-refractivity contribution >= 4 is 0 Å². The lowest BCUT2D eigenvalue weighted by Gasteiger charge is -2.16. The third-order valence-electron chi connectivity index (χ3n) is 1.82. The molecule has 0 unspecified atom stereocenters.